The van der Waals surface area contributed by atoms with Crippen LogP contribution in [-0.4, -0.2) is 36.7 Å². The van der Waals surface area contributed by atoms with E-state index in [1.54, 1.807) is 24.0 Å². The molecule has 0 aliphatic rings. The SMILES string of the molecule is CCO[P@@](=O)(CC(=O)N(CC)CC)c1ccccc1. The summed E-state index contributed by atoms with van der Waals surface area (Å²) in [6.45, 7) is 7.19. The molecular formula is C14H22NO3P. The fourth-order valence-corrected chi connectivity index (χ4v) is 3.95. The summed E-state index contributed by atoms with van der Waals surface area (Å²) in [5.74, 6) is -0.120. The lowest BCUT2D eigenvalue weighted by Crippen LogP contribution is -2.34. The summed E-state index contributed by atoms with van der Waals surface area (Å²) in [7, 11) is -3.10. The second kappa shape index (κ2) is 7.46. The van der Waals surface area contributed by atoms with Crippen molar-refractivity contribution in [2.24, 2.45) is 0 Å². The fraction of sp³-hybridized carbons (Fsp3) is 0.500. The first-order chi connectivity index (χ1) is 9.07. The summed E-state index contributed by atoms with van der Waals surface area (Å²) in [5, 5.41) is 0.609. The molecule has 0 heterocycles. The molecule has 19 heavy (non-hydrogen) atoms. The quantitative estimate of drug-likeness (QED) is 0.722. The van der Waals surface area contributed by atoms with Gasteiger partial charge >= 0.3 is 0 Å². The molecule has 1 amide bonds. The van der Waals surface area contributed by atoms with E-state index in [0.29, 0.717) is 25.0 Å². The van der Waals surface area contributed by atoms with Crippen molar-refractivity contribution in [2.45, 2.75) is 20.8 Å². The third-order valence-corrected chi connectivity index (χ3v) is 5.39. The van der Waals surface area contributed by atoms with Crippen molar-refractivity contribution in [3.05, 3.63) is 30.3 Å². The molecule has 0 aliphatic heterocycles. The molecule has 0 aliphatic carbocycles. The Kier molecular flexibility index (Phi) is 6.26. The lowest BCUT2D eigenvalue weighted by molar-refractivity contribution is -0.128. The lowest BCUT2D eigenvalue weighted by atomic mass is 10.4. The Hall–Kier alpha value is -1.12. The molecule has 0 fully saturated rings. The number of benzene rings is 1. The molecule has 0 radical (unpaired) electrons. The summed E-state index contributed by atoms with van der Waals surface area (Å²) >= 11 is 0. The van der Waals surface area contributed by atoms with Crippen molar-refractivity contribution in [3.63, 3.8) is 0 Å². The van der Waals surface area contributed by atoms with Gasteiger partial charge < -0.3 is 9.42 Å². The van der Waals surface area contributed by atoms with Gasteiger partial charge in [0.05, 0.1) is 6.61 Å². The molecule has 1 atom stereocenters. The van der Waals surface area contributed by atoms with Crippen molar-refractivity contribution < 1.29 is 13.9 Å². The number of nitrogens with zero attached hydrogens (tertiary/aromatic N) is 1. The van der Waals surface area contributed by atoms with Crippen LogP contribution in [0.2, 0.25) is 0 Å². The van der Waals surface area contributed by atoms with E-state index in [2.05, 4.69) is 0 Å². The highest BCUT2D eigenvalue weighted by Crippen LogP contribution is 2.45. The minimum absolute atomic E-state index is 0.0630. The molecule has 0 unspecified atom stereocenters. The number of hydrogen-bond donors (Lipinski definition) is 0. The topological polar surface area (TPSA) is 46.6 Å². The van der Waals surface area contributed by atoms with Crippen molar-refractivity contribution in [2.75, 3.05) is 25.9 Å². The van der Waals surface area contributed by atoms with E-state index in [4.69, 9.17) is 4.52 Å². The van der Waals surface area contributed by atoms with Crippen molar-refractivity contribution >= 4 is 18.6 Å². The van der Waals surface area contributed by atoms with Gasteiger partial charge in [0.25, 0.3) is 0 Å². The smallest absolute Gasteiger partial charge is 0.241 e. The predicted octanol–water partition coefficient (Wildman–Crippen LogP) is 2.49. The monoisotopic (exact) mass is 283 g/mol. The number of carbonyl (C=O) groups is 1. The van der Waals surface area contributed by atoms with Crippen LogP contribution in [0.5, 0.6) is 0 Å². The zero-order chi connectivity index (χ0) is 14.3. The Morgan fingerprint density at radius 2 is 1.74 bits per heavy atom. The Bertz CT molecular complexity index is 443. The van der Waals surface area contributed by atoms with Gasteiger partial charge in [0.15, 0.2) is 0 Å². The van der Waals surface area contributed by atoms with E-state index in [9.17, 15) is 9.36 Å². The molecule has 5 heteroatoms. The van der Waals surface area contributed by atoms with Crippen LogP contribution in [0, 0.1) is 0 Å². The van der Waals surface area contributed by atoms with Crippen molar-refractivity contribution in [1.29, 1.82) is 0 Å². The van der Waals surface area contributed by atoms with Gasteiger partial charge in [-0.2, -0.15) is 0 Å². The third kappa shape index (κ3) is 4.19. The van der Waals surface area contributed by atoms with Crippen molar-refractivity contribution in [3.8, 4) is 0 Å². The van der Waals surface area contributed by atoms with Crippen molar-refractivity contribution in [1.82, 2.24) is 4.90 Å². The Morgan fingerprint density at radius 1 is 1.16 bits per heavy atom. The van der Waals surface area contributed by atoms with Gasteiger partial charge in [-0.05, 0) is 32.9 Å². The van der Waals surface area contributed by atoms with Gasteiger partial charge in [-0.25, -0.2) is 0 Å². The van der Waals surface area contributed by atoms with E-state index < -0.39 is 7.37 Å². The second-order valence-corrected chi connectivity index (χ2v) is 6.59. The molecule has 1 aromatic rings. The molecule has 0 spiro atoms. The molecular weight excluding hydrogens is 261 g/mol. The maximum absolute atomic E-state index is 12.9. The van der Waals surface area contributed by atoms with Crippen LogP contribution in [0.3, 0.4) is 0 Å². The standard InChI is InChI=1S/C14H22NO3P/c1-4-15(5-2)14(16)12-19(17,18-6-3)13-10-8-7-9-11-13/h7-11H,4-6,12H2,1-3H3/t19-/m0/s1. The molecule has 0 saturated carbocycles. The van der Waals surface area contributed by atoms with E-state index in [-0.39, 0.29) is 12.1 Å². The summed E-state index contributed by atoms with van der Waals surface area (Å²) in [6, 6.07) is 8.98. The summed E-state index contributed by atoms with van der Waals surface area (Å²) in [4.78, 5) is 13.8. The first-order valence-electron chi connectivity index (χ1n) is 6.64. The van der Waals surface area contributed by atoms with Gasteiger partial charge in [-0.3, -0.25) is 9.36 Å². The zero-order valence-corrected chi connectivity index (χ0v) is 12.7. The highest BCUT2D eigenvalue weighted by Gasteiger charge is 2.30. The van der Waals surface area contributed by atoms with Crippen LogP contribution in [0.15, 0.2) is 30.3 Å². The van der Waals surface area contributed by atoms with Gasteiger partial charge in [-0.1, -0.05) is 18.2 Å². The molecule has 106 valence electrons. The minimum atomic E-state index is -3.10. The summed E-state index contributed by atoms with van der Waals surface area (Å²) < 4.78 is 18.3. The van der Waals surface area contributed by atoms with Crippen LogP contribution in [-0.2, 0) is 13.9 Å². The summed E-state index contributed by atoms with van der Waals surface area (Å²) in [6.07, 6.45) is -0.0630. The Morgan fingerprint density at radius 3 is 2.21 bits per heavy atom. The summed E-state index contributed by atoms with van der Waals surface area (Å²) in [5.41, 5.74) is 0. The Labute approximate surface area is 115 Å². The Balaban J connectivity index is 2.95. The van der Waals surface area contributed by atoms with Gasteiger partial charge in [-0.15, -0.1) is 0 Å². The van der Waals surface area contributed by atoms with E-state index >= 15 is 0 Å². The van der Waals surface area contributed by atoms with Crippen LogP contribution >= 0.6 is 7.37 Å². The maximum atomic E-state index is 12.9. The van der Waals surface area contributed by atoms with Crippen LogP contribution < -0.4 is 5.30 Å². The predicted molar refractivity (Wildman–Crippen MR) is 78.1 cm³/mol. The van der Waals surface area contributed by atoms with E-state index in [1.165, 1.54) is 0 Å². The van der Waals surface area contributed by atoms with Gasteiger partial charge in [0.2, 0.25) is 13.3 Å². The normalized spacial score (nSPS) is 13.8. The van der Waals surface area contributed by atoms with E-state index in [1.807, 2.05) is 32.0 Å². The van der Waals surface area contributed by atoms with E-state index in [0.717, 1.165) is 0 Å². The van der Waals surface area contributed by atoms with Gasteiger partial charge in [0, 0.05) is 18.4 Å². The molecule has 0 bridgehead atoms. The van der Waals surface area contributed by atoms with Gasteiger partial charge in [0.1, 0.15) is 6.16 Å². The first-order valence-corrected chi connectivity index (χ1v) is 8.45. The van der Waals surface area contributed by atoms with Crippen LogP contribution in [0.4, 0.5) is 0 Å². The van der Waals surface area contributed by atoms with Crippen LogP contribution in [0.25, 0.3) is 0 Å². The molecule has 1 rings (SSSR count). The minimum Gasteiger partial charge on any atom is -0.343 e. The highest BCUT2D eigenvalue weighted by molar-refractivity contribution is 7.67. The number of amides is 1. The molecule has 0 aromatic heterocycles. The molecule has 0 N–H and O–H groups in total. The molecule has 1 aromatic carbocycles. The third-order valence-electron chi connectivity index (χ3n) is 2.95. The number of carbonyl (C=O) groups excluding carboxylic acids is 1. The number of rotatable bonds is 7. The number of hydrogen-bond acceptors (Lipinski definition) is 3. The average Bonchev–Trinajstić information content (AvgIpc) is 2.41. The fourth-order valence-electron chi connectivity index (χ4n) is 1.93. The first kappa shape index (κ1) is 15.9. The molecule has 0 saturated heterocycles. The second-order valence-electron chi connectivity index (χ2n) is 4.15. The van der Waals surface area contributed by atoms with Crippen LogP contribution in [0.1, 0.15) is 20.8 Å². The highest BCUT2D eigenvalue weighted by atomic mass is 31.2. The maximum Gasteiger partial charge on any atom is 0.241 e. The zero-order valence-electron chi connectivity index (χ0n) is 11.8. The lowest BCUT2D eigenvalue weighted by Gasteiger charge is -2.23. The molecule has 4 nitrogen and oxygen atoms in total. The largest absolute Gasteiger partial charge is 0.343 e. The average molecular weight is 283 g/mol.